The number of carboxylic acids is 1. The highest BCUT2D eigenvalue weighted by molar-refractivity contribution is 6.31. The second kappa shape index (κ2) is 4.90. The number of nitrogens with zero attached hydrogens (tertiary/aromatic N) is 1. The summed E-state index contributed by atoms with van der Waals surface area (Å²) in [7, 11) is 0. The highest BCUT2D eigenvalue weighted by Crippen LogP contribution is 2.35. The Morgan fingerprint density at radius 3 is 2.30 bits per heavy atom. The highest BCUT2D eigenvalue weighted by Gasteiger charge is 2.39. The highest BCUT2D eigenvalue weighted by atomic mass is 35.5. The Labute approximate surface area is 121 Å². The minimum absolute atomic E-state index is 0.0763. The number of carbonyl (C=O) groups is 3. The Morgan fingerprint density at radius 2 is 1.80 bits per heavy atom. The summed E-state index contributed by atoms with van der Waals surface area (Å²) in [5.41, 5.74) is -0.480. The van der Waals surface area contributed by atoms with Crippen LogP contribution >= 0.6 is 11.6 Å². The number of imide groups is 1. The van der Waals surface area contributed by atoms with Crippen LogP contribution in [0.5, 0.6) is 0 Å². The van der Waals surface area contributed by atoms with Crippen molar-refractivity contribution in [1.82, 2.24) is 0 Å². The predicted molar refractivity (Wildman–Crippen MR) is 73.9 cm³/mol. The van der Waals surface area contributed by atoms with Gasteiger partial charge in [-0.15, -0.1) is 0 Å². The van der Waals surface area contributed by atoms with Gasteiger partial charge < -0.3 is 5.11 Å². The maximum absolute atomic E-state index is 12.2. The Bertz CT molecular complexity index is 589. The molecule has 5 nitrogen and oxygen atoms in total. The molecular weight excluding hydrogens is 282 g/mol. The van der Waals surface area contributed by atoms with Crippen molar-refractivity contribution < 1.29 is 19.5 Å². The molecule has 2 rings (SSSR count). The average Bonchev–Trinajstić information content (AvgIpc) is 2.28. The summed E-state index contributed by atoms with van der Waals surface area (Å²) in [6.45, 7) is 3.67. The fourth-order valence-corrected chi connectivity index (χ4v) is 2.49. The summed E-state index contributed by atoms with van der Waals surface area (Å²) in [4.78, 5) is 36.5. The molecule has 0 bridgehead atoms. The van der Waals surface area contributed by atoms with E-state index in [0.717, 1.165) is 4.90 Å². The lowest BCUT2D eigenvalue weighted by Gasteiger charge is -2.35. The zero-order valence-corrected chi connectivity index (χ0v) is 11.9. The molecule has 0 radical (unpaired) electrons. The van der Waals surface area contributed by atoms with Crippen molar-refractivity contribution >= 4 is 35.1 Å². The maximum atomic E-state index is 12.2. The van der Waals surface area contributed by atoms with E-state index in [1.165, 1.54) is 18.2 Å². The van der Waals surface area contributed by atoms with Crippen molar-refractivity contribution in [1.29, 1.82) is 0 Å². The molecule has 1 saturated heterocycles. The first-order chi connectivity index (χ1) is 9.21. The number of hydrogen-bond acceptors (Lipinski definition) is 3. The summed E-state index contributed by atoms with van der Waals surface area (Å²) >= 11 is 5.77. The van der Waals surface area contributed by atoms with Crippen LogP contribution in [-0.4, -0.2) is 22.9 Å². The van der Waals surface area contributed by atoms with Gasteiger partial charge in [0.05, 0.1) is 11.3 Å². The van der Waals surface area contributed by atoms with Gasteiger partial charge in [0.2, 0.25) is 11.8 Å². The zero-order valence-electron chi connectivity index (χ0n) is 11.1. The standard InChI is InChI=1S/C14H14ClNO4/c1-14(2)6-11(17)16(12(18)7-14)10-4-3-8(15)5-9(10)13(19)20/h3-5H,6-7H2,1-2H3,(H,19,20). The van der Waals surface area contributed by atoms with Crippen LogP contribution in [0.25, 0.3) is 0 Å². The van der Waals surface area contributed by atoms with Gasteiger partial charge in [-0.25, -0.2) is 9.69 Å². The number of halogens is 1. The summed E-state index contributed by atoms with van der Waals surface area (Å²) in [6, 6.07) is 4.09. The lowest BCUT2D eigenvalue weighted by molar-refractivity contribution is -0.132. The van der Waals surface area contributed by atoms with E-state index >= 15 is 0 Å². The Kier molecular flexibility index (Phi) is 3.56. The fourth-order valence-electron chi connectivity index (χ4n) is 2.32. The van der Waals surface area contributed by atoms with Crippen molar-refractivity contribution in [2.24, 2.45) is 5.41 Å². The number of piperidine rings is 1. The molecule has 1 N–H and O–H groups in total. The van der Waals surface area contributed by atoms with Crippen molar-refractivity contribution in [3.8, 4) is 0 Å². The van der Waals surface area contributed by atoms with Gasteiger partial charge in [0.25, 0.3) is 0 Å². The van der Waals surface area contributed by atoms with Crippen LogP contribution in [0.4, 0.5) is 5.69 Å². The molecule has 0 unspecified atom stereocenters. The Morgan fingerprint density at radius 1 is 1.25 bits per heavy atom. The molecule has 6 heteroatoms. The number of amides is 2. The van der Waals surface area contributed by atoms with Crippen molar-refractivity contribution in [2.75, 3.05) is 4.90 Å². The van der Waals surface area contributed by atoms with Gasteiger partial charge in [0.1, 0.15) is 0 Å². The van der Waals surface area contributed by atoms with Crippen molar-refractivity contribution in [3.05, 3.63) is 28.8 Å². The van der Waals surface area contributed by atoms with E-state index in [0.29, 0.717) is 0 Å². The number of aromatic carboxylic acids is 1. The monoisotopic (exact) mass is 295 g/mol. The quantitative estimate of drug-likeness (QED) is 0.851. The van der Waals surface area contributed by atoms with Crippen LogP contribution < -0.4 is 4.90 Å². The third-order valence-electron chi connectivity index (χ3n) is 3.19. The number of hydrogen-bond donors (Lipinski definition) is 1. The molecule has 1 fully saturated rings. The van der Waals surface area contributed by atoms with Crippen LogP contribution in [0.15, 0.2) is 18.2 Å². The molecule has 106 valence electrons. The van der Waals surface area contributed by atoms with Gasteiger partial charge in [-0.3, -0.25) is 9.59 Å². The van der Waals surface area contributed by atoms with Gasteiger partial charge in [-0.1, -0.05) is 25.4 Å². The summed E-state index contributed by atoms with van der Waals surface area (Å²) in [5.74, 6) is -2.01. The molecule has 0 atom stereocenters. The first-order valence-corrected chi connectivity index (χ1v) is 6.48. The molecule has 1 aliphatic rings. The Hall–Kier alpha value is -1.88. The van der Waals surface area contributed by atoms with E-state index in [-0.39, 0.29) is 29.1 Å². The van der Waals surface area contributed by atoms with Crippen molar-refractivity contribution in [3.63, 3.8) is 0 Å². The van der Waals surface area contributed by atoms with Crippen LogP contribution in [0, 0.1) is 5.41 Å². The second-order valence-corrected chi connectivity index (χ2v) is 6.04. The molecule has 1 aromatic rings. The van der Waals surface area contributed by atoms with Crippen LogP contribution in [0.3, 0.4) is 0 Å². The summed E-state index contributed by atoms with van der Waals surface area (Å²) in [5, 5.41) is 9.43. The molecule has 0 aliphatic carbocycles. The summed E-state index contributed by atoms with van der Waals surface area (Å²) in [6.07, 6.45) is 0.390. The van der Waals surface area contributed by atoms with E-state index in [4.69, 9.17) is 11.6 Å². The van der Waals surface area contributed by atoms with Gasteiger partial charge in [0, 0.05) is 17.9 Å². The van der Waals surface area contributed by atoms with E-state index in [1.807, 2.05) is 13.8 Å². The third kappa shape index (κ3) is 2.67. The molecule has 1 aliphatic heterocycles. The molecular formula is C14H14ClNO4. The van der Waals surface area contributed by atoms with E-state index < -0.39 is 23.2 Å². The smallest absolute Gasteiger partial charge is 0.337 e. The average molecular weight is 296 g/mol. The predicted octanol–water partition coefficient (Wildman–Crippen LogP) is 2.72. The SMILES string of the molecule is CC1(C)CC(=O)N(c2ccc(Cl)cc2C(=O)O)C(=O)C1. The van der Waals surface area contributed by atoms with E-state index in [9.17, 15) is 19.5 Å². The van der Waals surface area contributed by atoms with Crippen LogP contribution in [-0.2, 0) is 9.59 Å². The second-order valence-electron chi connectivity index (χ2n) is 5.61. The molecule has 1 heterocycles. The maximum Gasteiger partial charge on any atom is 0.337 e. The lowest BCUT2D eigenvalue weighted by atomic mass is 9.81. The number of rotatable bonds is 2. The third-order valence-corrected chi connectivity index (χ3v) is 3.42. The summed E-state index contributed by atoms with van der Waals surface area (Å²) < 4.78 is 0. The molecule has 2 amide bonds. The largest absolute Gasteiger partial charge is 0.478 e. The van der Waals surface area contributed by atoms with Gasteiger partial charge >= 0.3 is 5.97 Å². The van der Waals surface area contributed by atoms with Crippen LogP contribution in [0.1, 0.15) is 37.0 Å². The van der Waals surface area contributed by atoms with Gasteiger partial charge in [-0.2, -0.15) is 0 Å². The molecule has 0 spiro atoms. The lowest BCUT2D eigenvalue weighted by Crippen LogP contribution is -2.46. The minimum atomic E-state index is -1.23. The first kappa shape index (κ1) is 14.5. The number of carboxylic acid groups (broad SMARTS) is 1. The van der Waals surface area contributed by atoms with Crippen LogP contribution in [0.2, 0.25) is 5.02 Å². The van der Waals surface area contributed by atoms with Gasteiger partial charge in [0.15, 0.2) is 0 Å². The number of anilines is 1. The number of carbonyl (C=O) groups excluding carboxylic acids is 2. The first-order valence-electron chi connectivity index (χ1n) is 6.10. The Balaban J connectivity index is 2.49. The van der Waals surface area contributed by atoms with E-state index in [2.05, 4.69) is 0 Å². The van der Waals surface area contributed by atoms with Crippen molar-refractivity contribution in [2.45, 2.75) is 26.7 Å². The fraction of sp³-hybridized carbons (Fsp3) is 0.357. The topological polar surface area (TPSA) is 74.7 Å². The number of benzene rings is 1. The molecule has 1 aromatic carbocycles. The molecule has 20 heavy (non-hydrogen) atoms. The minimum Gasteiger partial charge on any atom is -0.478 e. The zero-order chi connectivity index (χ0) is 15.1. The van der Waals surface area contributed by atoms with Gasteiger partial charge in [-0.05, 0) is 23.6 Å². The van der Waals surface area contributed by atoms with E-state index in [1.54, 1.807) is 0 Å². The normalized spacial score (nSPS) is 18.2. The molecule has 0 aromatic heterocycles. The molecule has 0 saturated carbocycles.